The Balaban J connectivity index is 3.06. The summed E-state index contributed by atoms with van der Waals surface area (Å²) >= 11 is 0. The lowest BCUT2D eigenvalue weighted by Gasteiger charge is -2.00. The summed E-state index contributed by atoms with van der Waals surface area (Å²) in [6.45, 7) is 0. The first-order valence-corrected chi connectivity index (χ1v) is 4.80. The van der Waals surface area contributed by atoms with Gasteiger partial charge in [0.15, 0.2) is 0 Å². The van der Waals surface area contributed by atoms with Gasteiger partial charge >= 0.3 is 0 Å². The molecule has 0 atom stereocenters. The van der Waals surface area contributed by atoms with Gasteiger partial charge in [0, 0.05) is 0 Å². The first-order valence-electron chi connectivity index (χ1n) is 3.36. The van der Waals surface area contributed by atoms with E-state index in [0.717, 1.165) is 0 Å². The van der Waals surface area contributed by atoms with Crippen LogP contribution >= 0.6 is 0 Å². The molecule has 1 radical (unpaired) electrons. The molecular formula is C7H8NO4S. The molecule has 0 heterocycles. The van der Waals surface area contributed by atoms with Gasteiger partial charge in [-0.15, -0.1) is 5.48 Å². The lowest BCUT2D eigenvalue weighted by atomic mass is 10.3. The Kier molecular flexibility index (Phi) is 2.86. The third-order valence-corrected chi connectivity index (χ3v) is 2.16. The van der Waals surface area contributed by atoms with Crippen molar-refractivity contribution in [3.63, 3.8) is 0 Å². The molecule has 1 rings (SSSR count). The Morgan fingerprint density at radius 1 is 1.46 bits per heavy atom. The van der Waals surface area contributed by atoms with Crippen LogP contribution < -0.4 is 5.48 Å². The average Bonchev–Trinajstić information content (AvgIpc) is 2.04. The molecule has 1 aromatic rings. The van der Waals surface area contributed by atoms with Crippen LogP contribution in [0, 0.1) is 0 Å². The third-order valence-electron chi connectivity index (χ3n) is 1.31. The molecule has 6 heteroatoms. The Morgan fingerprint density at radius 3 is 2.69 bits per heavy atom. The van der Waals surface area contributed by atoms with Crippen LogP contribution in [0.2, 0.25) is 0 Å². The molecule has 0 amide bonds. The topological polar surface area (TPSA) is 77.7 Å². The van der Waals surface area contributed by atoms with Crippen molar-refractivity contribution >= 4 is 15.8 Å². The predicted octanol–water partition coefficient (Wildman–Crippen LogP) is 0.731. The SMILES string of the molecule is CO[N]c1cccc(S(=O)(=O)O)c1. The van der Waals surface area contributed by atoms with E-state index in [1.54, 1.807) is 6.07 Å². The van der Waals surface area contributed by atoms with E-state index in [2.05, 4.69) is 10.3 Å². The number of benzene rings is 1. The van der Waals surface area contributed by atoms with Crippen molar-refractivity contribution in [2.45, 2.75) is 4.90 Å². The van der Waals surface area contributed by atoms with Crippen molar-refractivity contribution in [3.05, 3.63) is 24.3 Å². The Labute approximate surface area is 76.0 Å². The van der Waals surface area contributed by atoms with E-state index in [-0.39, 0.29) is 4.90 Å². The van der Waals surface area contributed by atoms with E-state index in [4.69, 9.17) is 4.55 Å². The van der Waals surface area contributed by atoms with Crippen LogP contribution in [0.1, 0.15) is 0 Å². The molecular weight excluding hydrogens is 194 g/mol. The smallest absolute Gasteiger partial charge is 0.282 e. The van der Waals surface area contributed by atoms with Gasteiger partial charge in [-0.05, 0) is 18.2 Å². The van der Waals surface area contributed by atoms with E-state index < -0.39 is 10.1 Å². The second-order valence-corrected chi connectivity index (χ2v) is 3.67. The van der Waals surface area contributed by atoms with Gasteiger partial charge in [0.2, 0.25) is 0 Å². The molecule has 0 saturated heterocycles. The van der Waals surface area contributed by atoms with Crippen molar-refractivity contribution in [2.24, 2.45) is 0 Å². The summed E-state index contributed by atoms with van der Waals surface area (Å²) in [7, 11) is -2.81. The maximum atomic E-state index is 10.7. The first-order chi connectivity index (χ1) is 6.04. The fourth-order valence-electron chi connectivity index (χ4n) is 0.806. The highest BCUT2D eigenvalue weighted by atomic mass is 32.2. The molecule has 0 spiro atoms. The average molecular weight is 202 g/mol. The molecule has 0 saturated carbocycles. The number of nitrogens with zero attached hydrogens (tertiary/aromatic N) is 1. The Morgan fingerprint density at radius 2 is 2.15 bits per heavy atom. The fraction of sp³-hybridized carbons (Fsp3) is 0.143. The van der Waals surface area contributed by atoms with Crippen molar-refractivity contribution in [2.75, 3.05) is 7.11 Å². The van der Waals surface area contributed by atoms with Gasteiger partial charge in [0.05, 0.1) is 17.7 Å². The zero-order valence-electron chi connectivity index (χ0n) is 6.84. The maximum absolute atomic E-state index is 10.7. The van der Waals surface area contributed by atoms with Gasteiger partial charge in [-0.25, -0.2) is 0 Å². The Bertz CT molecular complexity index is 387. The monoisotopic (exact) mass is 202 g/mol. The molecule has 1 N–H and O–H groups in total. The molecule has 5 nitrogen and oxygen atoms in total. The molecule has 0 aliphatic rings. The zero-order chi connectivity index (χ0) is 9.90. The zero-order valence-corrected chi connectivity index (χ0v) is 7.65. The molecule has 1 aromatic carbocycles. The molecule has 0 aromatic heterocycles. The highest BCUT2D eigenvalue weighted by Crippen LogP contribution is 2.14. The Hall–Kier alpha value is -1.11. The second-order valence-electron chi connectivity index (χ2n) is 2.25. The maximum Gasteiger partial charge on any atom is 0.294 e. The van der Waals surface area contributed by atoms with Gasteiger partial charge in [0.1, 0.15) is 0 Å². The molecule has 0 fully saturated rings. The third kappa shape index (κ3) is 2.69. The number of hydrogen-bond acceptors (Lipinski definition) is 3. The molecule has 0 unspecified atom stereocenters. The summed E-state index contributed by atoms with van der Waals surface area (Å²) in [5.74, 6) is 0. The van der Waals surface area contributed by atoms with Crippen molar-refractivity contribution in [1.82, 2.24) is 5.48 Å². The molecule has 13 heavy (non-hydrogen) atoms. The second kappa shape index (κ2) is 3.73. The van der Waals surface area contributed by atoms with Crippen molar-refractivity contribution < 1.29 is 17.8 Å². The first kappa shape index (κ1) is 9.97. The summed E-state index contributed by atoms with van der Waals surface area (Å²) in [4.78, 5) is 4.24. The van der Waals surface area contributed by atoms with Gasteiger partial charge in [-0.3, -0.25) is 9.39 Å². The lowest BCUT2D eigenvalue weighted by Crippen LogP contribution is -2.00. The molecule has 0 aliphatic carbocycles. The van der Waals surface area contributed by atoms with Crippen LogP contribution in [0.4, 0.5) is 5.69 Å². The summed E-state index contributed by atoms with van der Waals surface area (Å²) in [5.41, 5.74) is 3.84. The minimum atomic E-state index is -4.16. The van der Waals surface area contributed by atoms with Crippen LogP contribution in [0.25, 0.3) is 0 Å². The minimum Gasteiger partial charge on any atom is -0.282 e. The largest absolute Gasteiger partial charge is 0.294 e. The minimum absolute atomic E-state index is 0.203. The summed E-state index contributed by atoms with van der Waals surface area (Å²) in [6.07, 6.45) is 0. The highest BCUT2D eigenvalue weighted by molar-refractivity contribution is 7.85. The van der Waals surface area contributed by atoms with E-state index in [0.29, 0.717) is 5.69 Å². The van der Waals surface area contributed by atoms with E-state index in [1.165, 1.54) is 25.3 Å². The lowest BCUT2D eigenvalue weighted by molar-refractivity contribution is 0.125. The molecule has 71 valence electrons. The van der Waals surface area contributed by atoms with E-state index in [1.807, 2.05) is 0 Å². The van der Waals surface area contributed by atoms with Gasteiger partial charge in [-0.1, -0.05) is 6.07 Å². The highest BCUT2D eigenvalue weighted by Gasteiger charge is 2.09. The van der Waals surface area contributed by atoms with E-state index >= 15 is 0 Å². The summed E-state index contributed by atoms with van der Waals surface area (Å²) < 4.78 is 30.0. The number of hydrogen-bond donors (Lipinski definition) is 1. The van der Waals surface area contributed by atoms with Crippen LogP contribution in [-0.4, -0.2) is 20.1 Å². The van der Waals surface area contributed by atoms with Crippen LogP contribution in [0.15, 0.2) is 29.2 Å². The van der Waals surface area contributed by atoms with Gasteiger partial charge in [0.25, 0.3) is 10.1 Å². The normalized spacial score (nSPS) is 11.2. The standard InChI is InChI=1S/C7H8NO4S/c1-12-8-6-3-2-4-7(5-6)13(9,10)11/h2-5H,1H3,(H,9,10,11). The van der Waals surface area contributed by atoms with Crippen molar-refractivity contribution in [3.8, 4) is 0 Å². The van der Waals surface area contributed by atoms with Crippen LogP contribution in [0.3, 0.4) is 0 Å². The van der Waals surface area contributed by atoms with Crippen LogP contribution in [0.5, 0.6) is 0 Å². The fourth-order valence-corrected chi connectivity index (χ4v) is 1.33. The summed E-state index contributed by atoms with van der Waals surface area (Å²) in [6, 6.07) is 5.49. The van der Waals surface area contributed by atoms with Gasteiger partial charge < -0.3 is 0 Å². The van der Waals surface area contributed by atoms with E-state index in [9.17, 15) is 8.42 Å². The number of rotatable bonds is 3. The summed E-state index contributed by atoms with van der Waals surface area (Å²) in [5, 5.41) is 0. The quantitative estimate of drug-likeness (QED) is 0.579. The van der Waals surface area contributed by atoms with Crippen molar-refractivity contribution in [1.29, 1.82) is 0 Å². The molecule has 0 aliphatic heterocycles. The molecule has 0 bridgehead atoms. The predicted molar refractivity (Wildman–Crippen MR) is 45.1 cm³/mol. The van der Waals surface area contributed by atoms with Crippen LogP contribution in [-0.2, 0) is 15.0 Å². The van der Waals surface area contributed by atoms with Gasteiger partial charge in [-0.2, -0.15) is 8.42 Å².